The van der Waals surface area contributed by atoms with Crippen molar-refractivity contribution in [3.63, 3.8) is 0 Å². The summed E-state index contributed by atoms with van der Waals surface area (Å²) < 4.78 is 1.07. The first-order valence-corrected chi connectivity index (χ1v) is 6.52. The van der Waals surface area contributed by atoms with Gasteiger partial charge >= 0.3 is 0 Å². The molecule has 2 aromatic rings. The summed E-state index contributed by atoms with van der Waals surface area (Å²) in [6.07, 6.45) is 0. The van der Waals surface area contributed by atoms with Crippen LogP contribution in [0.3, 0.4) is 0 Å². The summed E-state index contributed by atoms with van der Waals surface area (Å²) in [5, 5.41) is 12.1. The lowest BCUT2D eigenvalue weighted by atomic mass is 10.4. The van der Waals surface area contributed by atoms with Crippen molar-refractivity contribution in [3.8, 4) is 9.88 Å². The number of hydrogen-bond acceptors (Lipinski definition) is 4. The van der Waals surface area contributed by atoms with Gasteiger partial charge in [-0.25, -0.2) is 4.98 Å². The summed E-state index contributed by atoms with van der Waals surface area (Å²) in [6, 6.07) is 2.01. The van der Waals surface area contributed by atoms with E-state index in [2.05, 4.69) is 20.9 Å². The number of aliphatic hydroxyl groups is 1. The van der Waals surface area contributed by atoms with Crippen molar-refractivity contribution in [2.75, 3.05) is 0 Å². The summed E-state index contributed by atoms with van der Waals surface area (Å²) in [5.74, 6) is 0. The number of aryl methyl sites for hydroxylation is 1. The summed E-state index contributed by atoms with van der Waals surface area (Å²) in [4.78, 5) is 6.51. The van der Waals surface area contributed by atoms with Crippen LogP contribution in [0, 0.1) is 6.92 Å². The minimum absolute atomic E-state index is 0.0759. The van der Waals surface area contributed by atoms with Crippen molar-refractivity contribution < 1.29 is 5.11 Å². The van der Waals surface area contributed by atoms with Gasteiger partial charge < -0.3 is 5.11 Å². The molecule has 0 atom stereocenters. The zero-order valence-electron chi connectivity index (χ0n) is 7.45. The average molecular weight is 290 g/mol. The zero-order valence-corrected chi connectivity index (χ0v) is 10.7. The summed E-state index contributed by atoms with van der Waals surface area (Å²) >= 11 is 6.68. The van der Waals surface area contributed by atoms with Gasteiger partial charge in [0.15, 0.2) is 0 Å². The Morgan fingerprint density at radius 2 is 2.36 bits per heavy atom. The summed E-state index contributed by atoms with van der Waals surface area (Å²) in [7, 11) is 0. The molecular weight excluding hydrogens is 282 g/mol. The number of halogens is 1. The van der Waals surface area contributed by atoms with E-state index in [1.54, 1.807) is 22.7 Å². The molecule has 0 bridgehead atoms. The summed E-state index contributed by atoms with van der Waals surface area (Å²) in [6.45, 7) is 2.00. The van der Waals surface area contributed by atoms with Crippen LogP contribution in [0.4, 0.5) is 0 Å². The monoisotopic (exact) mass is 289 g/mol. The minimum atomic E-state index is 0.0759. The van der Waals surface area contributed by atoms with Crippen molar-refractivity contribution in [1.82, 2.24) is 4.98 Å². The van der Waals surface area contributed by atoms with Gasteiger partial charge in [0.1, 0.15) is 5.01 Å². The second-order valence-electron chi connectivity index (χ2n) is 2.78. The molecule has 0 radical (unpaired) electrons. The number of aliphatic hydroxyl groups excluding tert-OH is 1. The standard InChI is InChI=1S/C9H8BrNOS2/c1-5-7(4-12)14-9(11-5)8-6(10)2-3-13-8/h2-3,12H,4H2,1H3. The average Bonchev–Trinajstić information content (AvgIpc) is 2.71. The molecule has 0 saturated heterocycles. The normalized spacial score (nSPS) is 10.8. The van der Waals surface area contributed by atoms with Crippen LogP contribution >= 0.6 is 38.6 Å². The van der Waals surface area contributed by atoms with Crippen LogP contribution in [0.2, 0.25) is 0 Å². The molecule has 5 heteroatoms. The number of thiophene rings is 1. The number of thiazole rings is 1. The lowest BCUT2D eigenvalue weighted by molar-refractivity contribution is 0.284. The van der Waals surface area contributed by atoms with E-state index in [1.165, 1.54) is 0 Å². The van der Waals surface area contributed by atoms with Crippen LogP contribution in [-0.2, 0) is 6.61 Å². The molecule has 0 aliphatic carbocycles. The smallest absolute Gasteiger partial charge is 0.135 e. The van der Waals surface area contributed by atoms with Gasteiger partial charge in [0.2, 0.25) is 0 Å². The second kappa shape index (κ2) is 4.10. The maximum atomic E-state index is 9.06. The molecule has 2 nitrogen and oxygen atoms in total. The zero-order chi connectivity index (χ0) is 10.1. The lowest BCUT2D eigenvalue weighted by Gasteiger charge is -1.89. The van der Waals surface area contributed by atoms with E-state index in [4.69, 9.17) is 5.11 Å². The molecule has 0 aliphatic heterocycles. The van der Waals surface area contributed by atoms with Crippen LogP contribution in [-0.4, -0.2) is 10.1 Å². The number of nitrogens with zero attached hydrogens (tertiary/aromatic N) is 1. The van der Waals surface area contributed by atoms with Gasteiger partial charge in [0, 0.05) is 4.47 Å². The minimum Gasteiger partial charge on any atom is -0.391 e. The molecule has 0 aromatic carbocycles. The molecule has 1 N–H and O–H groups in total. The molecule has 2 rings (SSSR count). The van der Waals surface area contributed by atoms with Gasteiger partial charge in [0.05, 0.1) is 22.1 Å². The van der Waals surface area contributed by atoms with E-state index in [1.807, 2.05) is 18.4 Å². The third-order valence-electron chi connectivity index (χ3n) is 1.85. The molecule has 0 fully saturated rings. The van der Waals surface area contributed by atoms with Gasteiger partial charge in [-0.2, -0.15) is 0 Å². The van der Waals surface area contributed by atoms with Gasteiger partial charge in [0.25, 0.3) is 0 Å². The van der Waals surface area contributed by atoms with Crippen LogP contribution in [0.5, 0.6) is 0 Å². The third-order valence-corrected chi connectivity index (χ3v) is 4.98. The van der Waals surface area contributed by atoms with E-state index in [0.717, 1.165) is 24.9 Å². The Bertz CT molecular complexity index is 449. The van der Waals surface area contributed by atoms with Gasteiger partial charge in [-0.3, -0.25) is 0 Å². The quantitative estimate of drug-likeness (QED) is 0.919. The molecule has 14 heavy (non-hydrogen) atoms. The number of aromatic nitrogens is 1. The number of hydrogen-bond donors (Lipinski definition) is 1. The van der Waals surface area contributed by atoms with Crippen molar-refractivity contribution in [1.29, 1.82) is 0 Å². The SMILES string of the molecule is Cc1nc(-c2sccc2Br)sc1CO. The van der Waals surface area contributed by atoms with Crippen LogP contribution in [0.15, 0.2) is 15.9 Å². The molecular formula is C9H8BrNOS2. The first kappa shape index (κ1) is 10.3. The van der Waals surface area contributed by atoms with Crippen LogP contribution in [0.25, 0.3) is 9.88 Å². The molecule has 0 saturated carbocycles. The molecule has 0 spiro atoms. The molecule has 2 aromatic heterocycles. The second-order valence-corrected chi connectivity index (χ2v) is 5.64. The first-order valence-electron chi connectivity index (χ1n) is 4.03. The van der Waals surface area contributed by atoms with Crippen molar-refractivity contribution in [3.05, 3.63) is 26.5 Å². The van der Waals surface area contributed by atoms with Crippen LogP contribution in [0.1, 0.15) is 10.6 Å². The van der Waals surface area contributed by atoms with Gasteiger partial charge in [-0.05, 0) is 34.3 Å². The predicted octanol–water partition coefficient (Wildman–Crippen LogP) is 3.43. The Labute approximate surface area is 98.4 Å². The van der Waals surface area contributed by atoms with Crippen LogP contribution < -0.4 is 0 Å². The fraction of sp³-hybridized carbons (Fsp3) is 0.222. The molecule has 2 heterocycles. The topological polar surface area (TPSA) is 33.1 Å². The Kier molecular flexibility index (Phi) is 3.02. The van der Waals surface area contributed by atoms with Crippen molar-refractivity contribution >= 4 is 38.6 Å². The fourth-order valence-electron chi connectivity index (χ4n) is 1.12. The predicted molar refractivity (Wildman–Crippen MR) is 63.8 cm³/mol. The highest BCUT2D eigenvalue weighted by Gasteiger charge is 2.11. The molecule has 0 amide bonds. The summed E-state index contributed by atoms with van der Waals surface area (Å²) in [5.41, 5.74) is 0.924. The maximum absolute atomic E-state index is 9.06. The van der Waals surface area contributed by atoms with E-state index in [9.17, 15) is 0 Å². The highest BCUT2D eigenvalue weighted by atomic mass is 79.9. The third kappa shape index (κ3) is 1.77. The molecule has 0 aliphatic rings. The largest absolute Gasteiger partial charge is 0.391 e. The fourth-order valence-corrected chi connectivity index (χ4v) is 3.84. The first-order chi connectivity index (χ1) is 6.72. The van der Waals surface area contributed by atoms with Crippen molar-refractivity contribution in [2.45, 2.75) is 13.5 Å². The van der Waals surface area contributed by atoms with Crippen molar-refractivity contribution in [2.24, 2.45) is 0 Å². The maximum Gasteiger partial charge on any atom is 0.135 e. The Hall–Kier alpha value is -0.230. The van der Waals surface area contributed by atoms with E-state index >= 15 is 0 Å². The van der Waals surface area contributed by atoms with E-state index in [-0.39, 0.29) is 6.61 Å². The van der Waals surface area contributed by atoms with Gasteiger partial charge in [-0.1, -0.05) is 0 Å². The molecule has 74 valence electrons. The van der Waals surface area contributed by atoms with E-state index in [0.29, 0.717) is 0 Å². The number of rotatable bonds is 2. The Morgan fingerprint density at radius 3 is 2.86 bits per heavy atom. The Balaban J connectivity index is 2.47. The van der Waals surface area contributed by atoms with Gasteiger partial charge in [-0.15, -0.1) is 22.7 Å². The Morgan fingerprint density at radius 1 is 1.57 bits per heavy atom. The highest BCUT2D eigenvalue weighted by Crippen LogP contribution is 2.36. The lowest BCUT2D eigenvalue weighted by Crippen LogP contribution is -1.80. The van der Waals surface area contributed by atoms with E-state index < -0.39 is 0 Å². The highest BCUT2D eigenvalue weighted by molar-refractivity contribution is 9.10. The molecule has 0 unspecified atom stereocenters.